The average molecular weight is 364 g/mol. The van der Waals surface area contributed by atoms with E-state index in [0.29, 0.717) is 5.75 Å². The van der Waals surface area contributed by atoms with Crippen LogP contribution in [0.25, 0.3) is 10.8 Å². The third-order valence-electron chi connectivity index (χ3n) is 3.96. The van der Waals surface area contributed by atoms with Crippen molar-refractivity contribution in [2.45, 2.75) is 0 Å². The minimum absolute atomic E-state index is 0.132. The Morgan fingerprint density at radius 3 is 2.33 bits per heavy atom. The topological polar surface area (TPSA) is 69.2 Å². The molecule has 3 aromatic carbocycles. The summed E-state index contributed by atoms with van der Waals surface area (Å²) < 4.78 is 15.9. The number of methoxy groups -OCH3 is 2. The van der Waals surface area contributed by atoms with Crippen molar-refractivity contribution in [3.63, 3.8) is 0 Å². The lowest BCUT2D eigenvalue weighted by atomic mass is 10.0. The molecule has 1 amide bonds. The first kappa shape index (κ1) is 18.3. The summed E-state index contributed by atoms with van der Waals surface area (Å²) >= 11 is 0. The number of fused-ring (bicyclic) bond motifs is 1. The highest BCUT2D eigenvalue weighted by molar-refractivity contribution is 6.02. The zero-order valence-corrected chi connectivity index (χ0v) is 15.1. The number of carbonyl (C=O) groups is 1. The molecule has 0 atom stereocenters. The largest absolute Gasteiger partial charge is 0.497 e. The molecular weight excluding hydrogens is 344 g/mol. The number of benzene rings is 3. The lowest BCUT2D eigenvalue weighted by molar-refractivity contribution is -0.123. The summed E-state index contributed by atoms with van der Waals surface area (Å²) in [5.74, 6) is 1.75. The van der Waals surface area contributed by atoms with Crippen LogP contribution in [0.4, 0.5) is 0 Å². The van der Waals surface area contributed by atoms with Gasteiger partial charge in [-0.1, -0.05) is 24.3 Å². The quantitative estimate of drug-likeness (QED) is 0.515. The van der Waals surface area contributed by atoms with E-state index in [4.69, 9.17) is 14.2 Å². The number of hydrazone groups is 1. The summed E-state index contributed by atoms with van der Waals surface area (Å²) in [4.78, 5) is 11.9. The number of hydrogen-bond donors (Lipinski definition) is 1. The van der Waals surface area contributed by atoms with Crippen LogP contribution in [0.5, 0.6) is 17.2 Å². The van der Waals surface area contributed by atoms with Gasteiger partial charge in [0.25, 0.3) is 5.91 Å². The van der Waals surface area contributed by atoms with E-state index in [1.54, 1.807) is 44.7 Å². The summed E-state index contributed by atoms with van der Waals surface area (Å²) in [5.41, 5.74) is 3.34. The van der Waals surface area contributed by atoms with Gasteiger partial charge < -0.3 is 14.2 Å². The Hall–Kier alpha value is -3.54. The minimum atomic E-state index is -0.347. The van der Waals surface area contributed by atoms with Gasteiger partial charge in [0.15, 0.2) is 6.61 Å². The maximum absolute atomic E-state index is 11.9. The van der Waals surface area contributed by atoms with Gasteiger partial charge in [-0.3, -0.25) is 4.79 Å². The van der Waals surface area contributed by atoms with Gasteiger partial charge in [0.2, 0.25) is 0 Å². The van der Waals surface area contributed by atoms with Gasteiger partial charge in [-0.2, -0.15) is 5.10 Å². The Kier molecular flexibility index (Phi) is 5.89. The third-order valence-corrected chi connectivity index (χ3v) is 3.96. The molecule has 1 N–H and O–H groups in total. The van der Waals surface area contributed by atoms with Crippen molar-refractivity contribution in [2.24, 2.45) is 5.10 Å². The first-order valence-corrected chi connectivity index (χ1v) is 8.36. The Morgan fingerprint density at radius 1 is 0.926 bits per heavy atom. The molecule has 6 heteroatoms. The predicted molar refractivity (Wildman–Crippen MR) is 105 cm³/mol. The van der Waals surface area contributed by atoms with E-state index in [1.165, 1.54) is 0 Å². The first-order chi connectivity index (χ1) is 13.2. The van der Waals surface area contributed by atoms with E-state index in [-0.39, 0.29) is 12.5 Å². The second-order valence-electron chi connectivity index (χ2n) is 5.66. The number of amides is 1. The van der Waals surface area contributed by atoms with Crippen molar-refractivity contribution in [1.29, 1.82) is 0 Å². The average Bonchev–Trinajstić information content (AvgIpc) is 2.72. The van der Waals surface area contributed by atoms with E-state index < -0.39 is 0 Å². The highest BCUT2D eigenvalue weighted by Gasteiger charge is 2.05. The fourth-order valence-electron chi connectivity index (χ4n) is 2.61. The molecule has 0 spiro atoms. The number of rotatable bonds is 7. The lowest BCUT2D eigenvalue weighted by Gasteiger charge is -2.08. The monoisotopic (exact) mass is 364 g/mol. The number of nitrogens with one attached hydrogen (secondary N) is 1. The van der Waals surface area contributed by atoms with E-state index >= 15 is 0 Å². The van der Waals surface area contributed by atoms with Crippen molar-refractivity contribution in [3.05, 3.63) is 66.2 Å². The summed E-state index contributed by atoms with van der Waals surface area (Å²) in [6.45, 7) is -0.132. The summed E-state index contributed by atoms with van der Waals surface area (Å²) in [5, 5.41) is 6.00. The normalized spacial score (nSPS) is 10.7. The second-order valence-corrected chi connectivity index (χ2v) is 5.66. The SMILES string of the molecule is COc1ccc(OCC(=O)N/N=C/c2ccc(OC)c3ccccc23)cc1. The van der Waals surface area contributed by atoms with Crippen molar-refractivity contribution >= 4 is 22.9 Å². The van der Waals surface area contributed by atoms with Gasteiger partial charge in [-0.05, 0) is 41.8 Å². The molecule has 138 valence electrons. The molecule has 0 aliphatic rings. The van der Waals surface area contributed by atoms with Gasteiger partial charge in [0, 0.05) is 10.9 Å². The predicted octanol–water partition coefficient (Wildman–Crippen LogP) is 3.39. The van der Waals surface area contributed by atoms with E-state index in [2.05, 4.69) is 10.5 Å². The molecule has 0 radical (unpaired) electrons. The van der Waals surface area contributed by atoms with Gasteiger partial charge in [0.05, 0.1) is 20.4 Å². The smallest absolute Gasteiger partial charge is 0.277 e. The fraction of sp³-hybridized carbons (Fsp3) is 0.143. The zero-order chi connectivity index (χ0) is 19.1. The Bertz CT molecular complexity index is 952. The molecule has 0 aliphatic carbocycles. The van der Waals surface area contributed by atoms with E-state index in [1.807, 2.05) is 36.4 Å². The molecule has 0 aliphatic heterocycles. The summed E-state index contributed by atoms with van der Waals surface area (Å²) in [7, 11) is 3.23. The van der Waals surface area contributed by atoms with Gasteiger partial charge in [-0.25, -0.2) is 5.43 Å². The van der Waals surface area contributed by atoms with E-state index in [9.17, 15) is 4.79 Å². The van der Waals surface area contributed by atoms with Crippen LogP contribution in [0, 0.1) is 0 Å². The maximum Gasteiger partial charge on any atom is 0.277 e. The first-order valence-electron chi connectivity index (χ1n) is 8.36. The molecule has 0 heterocycles. The maximum atomic E-state index is 11.9. The van der Waals surface area contributed by atoms with Gasteiger partial charge in [0.1, 0.15) is 17.2 Å². The number of ether oxygens (including phenoxy) is 3. The fourth-order valence-corrected chi connectivity index (χ4v) is 2.61. The molecule has 3 aromatic rings. The standard InChI is InChI=1S/C21H20N2O4/c1-25-16-8-10-17(11-9-16)27-14-21(24)23-22-13-15-7-12-20(26-2)19-6-4-3-5-18(15)19/h3-13H,14H2,1-2H3,(H,23,24)/b22-13+. The van der Waals surface area contributed by atoms with Crippen LogP contribution in [-0.2, 0) is 4.79 Å². The Balaban J connectivity index is 1.60. The highest BCUT2D eigenvalue weighted by atomic mass is 16.5. The molecule has 0 fully saturated rings. The van der Waals surface area contributed by atoms with E-state index in [0.717, 1.165) is 27.8 Å². The Labute approximate surface area is 157 Å². The van der Waals surface area contributed by atoms with Crippen molar-refractivity contribution in [2.75, 3.05) is 20.8 Å². The minimum Gasteiger partial charge on any atom is -0.497 e. The third kappa shape index (κ3) is 4.55. The second kappa shape index (κ2) is 8.71. The molecule has 27 heavy (non-hydrogen) atoms. The molecule has 3 rings (SSSR count). The summed E-state index contributed by atoms with van der Waals surface area (Å²) in [6.07, 6.45) is 1.60. The highest BCUT2D eigenvalue weighted by Crippen LogP contribution is 2.27. The van der Waals surface area contributed by atoms with Crippen LogP contribution in [0.3, 0.4) is 0 Å². The molecule has 0 bridgehead atoms. The van der Waals surface area contributed by atoms with Crippen LogP contribution in [0.2, 0.25) is 0 Å². The molecule has 0 aromatic heterocycles. The van der Waals surface area contributed by atoms with Crippen molar-refractivity contribution < 1.29 is 19.0 Å². The van der Waals surface area contributed by atoms with Gasteiger partial charge in [-0.15, -0.1) is 0 Å². The zero-order valence-electron chi connectivity index (χ0n) is 15.1. The molecule has 0 saturated carbocycles. The van der Waals surface area contributed by atoms with Crippen molar-refractivity contribution in [3.8, 4) is 17.2 Å². The number of carbonyl (C=O) groups excluding carboxylic acids is 1. The van der Waals surface area contributed by atoms with Crippen molar-refractivity contribution in [1.82, 2.24) is 5.43 Å². The Morgan fingerprint density at radius 2 is 1.63 bits per heavy atom. The van der Waals surface area contributed by atoms with Crippen LogP contribution < -0.4 is 19.6 Å². The van der Waals surface area contributed by atoms with Crippen LogP contribution >= 0.6 is 0 Å². The number of hydrogen-bond acceptors (Lipinski definition) is 5. The molecular formula is C21H20N2O4. The summed E-state index contributed by atoms with van der Waals surface area (Å²) in [6, 6.07) is 18.6. The molecule has 6 nitrogen and oxygen atoms in total. The van der Waals surface area contributed by atoms with Crippen LogP contribution in [0.15, 0.2) is 65.8 Å². The van der Waals surface area contributed by atoms with Gasteiger partial charge >= 0.3 is 0 Å². The van der Waals surface area contributed by atoms with Crippen LogP contribution in [0.1, 0.15) is 5.56 Å². The number of nitrogens with zero attached hydrogens (tertiary/aromatic N) is 1. The molecule has 0 saturated heterocycles. The lowest BCUT2D eigenvalue weighted by Crippen LogP contribution is -2.24. The molecule has 0 unspecified atom stereocenters. The van der Waals surface area contributed by atoms with Crippen LogP contribution in [-0.4, -0.2) is 32.9 Å².